The van der Waals surface area contributed by atoms with E-state index in [0.29, 0.717) is 30.0 Å². The van der Waals surface area contributed by atoms with Crippen LogP contribution in [0.3, 0.4) is 0 Å². The van der Waals surface area contributed by atoms with Crippen molar-refractivity contribution in [2.45, 2.75) is 32.3 Å². The number of hydrogen-bond donors (Lipinski definition) is 2. The molecule has 0 spiro atoms. The van der Waals surface area contributed by atoms with E-state index >= 15 is 0 Å². The minimum absolute atomic E-state index is 0.0874. The van der Waals surface area contributed by atoms with Crippen molar-refractivity contribution in [3.63, 3.8) is 0 Å². The van der Waals surface area contributed by atoms with E-state index in [1.54, 1.807) is 18.2 Å². The van der Waals surface area contributed by atoms with Crippen LogP contribution in [0.2, 0.25) is 0 Å². The highest BCUT2D eigenvalue weighted by molar-refractivity contribution is 6.01. The number of nitrogen functional groups attached to an aromatic ring is 1. The van der Waals surface area contributed by atoms with Crippen molar-refractivity contribution >= 4 is 17.3 Å². The average Bonchev–Trinajstić information content (AvgIpc) is 2.28. The molecule has 0 aromatic heterocycles. The van der Waals surface area contributed by atoms with E-state index in [1.807, 2.05) is 13.8 Å². The highest BCUT2D eigenvalue weighted by Gasteiger charge is 2.41. The summed E-state index contributed by atoms with van der Waals surface area (Å²) in [5, 5.41) is 2.85. The number of hydrogen-bond acceptors (Lipinski definition) is 3. The monoisotopic (exact) mass is 220 g/mol. The summed E-state index contributed by atoms with van der Waals surface area (Å²) in [6.07, 6.45) is 1.30. The Kier molecular flexibility index (Phi) is 2.50. The summed E-state index contributed by atoms with van der Waals surface area (Å²) in [7, 11) is 0. The minimum atomic E-state index is -0.733. The molecule has 0 aliphatic carbocycles. The number of rotatable bonds is 2. The smallest absolute Gasteiger partial charge is 0.268 e. The molecule has 1 aromatic carbocycles. The largest absolute Gasteiger partial charge is 0.475 e. The molecule has 0 atom stereocenters. The van der Waals surface area contributed by atoms with Crippen LogP contribution in [0.15, 0.2) is 18.2 Å². The Bertz CT molecular complexity index is 425. The van der Waals surface area contributed by atoms with Gasteiger partial charge >= 0.3 is 0 Å². The zero-order chi connectivity index (χ0) is 11.8. The van der Waals surface area contributed by atoms with E-state index in [0.717, 1.165) is 0 Å². The molecule has 2 rings (SSSR count). The first-order chi connectivity index (χ1) is 7.61. The Hall–Kier alpha value is -1.71. The Balaban J connectivity index is 2.42. The lowest BCUT2D eigenvalue weighted by Gasteiger charge is -2.36. The predicted molar refractivity (Wildman–Crippen MR) is 63.4 cm³/mol. The third kappa shape index (κ3) is 1.50. The molecule has 0 fully saturated rings. The molecule has 1 amide bonds. The number of anilines is 2. The lowest BCUT2D eigenvalue weighted by Crippen LogP contribution is -2.49. The maximum atomic E-state index is 12.0. The van der Waals surface area contributed by atoms with E-state index in [4.69, 9.17) is 10.5 Å². The molecule has 4 nitrogen and oxygen atoms in total. The SMILES string of the molecule is CCC1(CC)Oc2ccc(N)cc2NC1=O. The van der Waals surface area contributed by atoms with Crippen molar-refractivity contribution in [1.82, 2.24) is 0 Å². The van der Waals surface area contributed by atoms with Gasteiger partial charge in [0.25, 0.3) is 5.91 Å². The van der Waals surface area contributed by atoms with E-state index in [-0.39, 0.29) is 5.91 Å². The Labute approximate surface area is 94.8 Å². The molecule has 0 bridgehead atoms. The molecule has 0 unspecified atom stereocenters. The van der Waals surface area contributed by atoms with Crippen LogP contribution in [0.5, 0.6) is 5.75 Å². The third-order valence-corrected chi connectivity index (χ3v) is 3.11. The molecule has 0 saturated carbocycles. The first-order valence-electron chi connectivity index (χ1n) is 5.51. The molecule has 86 valence electrons. The molecular weight excluding hydrogens is 204 g/mol. The number of carbonyl (C=O) groups is 1. The van der Waals surface area contributed by atoms with Crippen LogP contribution in [0.25, 0.3) is 0 Å². The van der Waals surface area contributed by atoms with E-state index < -0.39 is 5.60 Å². The van der Waals surface area contributed by atoms with Gasteiger partial charge in [-0.05, 0) is 31.0 Å². The van der Waals surface area contributed by atoms with Gasteiger partial charge in [-0.15, -0.1) is 0 Å². The second-order valence-electron chi connectivity index (χ2n) is 4.01. The van der Waals surface area contributed by atoms with Crippen LogP contribution in [-0.4, -0.2) is 11.5 Å². The van der Waals surface area contributed by atoms with Crippen molar-refractivity contribution < 1.29 is 9.53 Å². The number of fused-ring (bicyclic) bond motifs is 1. The summed E-state index contributed by atoms with van der Waals surface area (Å²) in [6.45, 7) is 3.90. The van der Waals surface area contributed by atoms with Crippen molar-refractivity contribution in [1.29, 1.82) is 0 Å². The number of carbonyl (C=O) groups excluding carboxylic acids is 1. The molecule has 1 heterocycles. The van der Waals surface area contributed by atoms with Crippen LogP contribution < -0.4 is 15.8 Å². The fourth-order valence-corrected chi connectivity index (χ4v) is 1.94. The third-order valence-electron chi connectivity index (χ3n) is 3.11. The lowest BCUT2D eigenvalue weighted by atomic mass is 9.94. The molecule has 1 aliphatic heterocycles. The van der Waals surface area contributed by atoms with Crippen molar-refractivity contribution in [2.75, 3.05) is 11.1 Å². The standard InChI is InChI=1S/C12H16N2O2/c1-3-12(4-2)11(15)14-9-7-8(13)5-6-10(9)16-12/h5-7H,3-4,13H2,1-2H3,(H,14,15). The average molecular weight is 220 g/mol. The van der Waals surface area contributed by atoms with Crippen LogP contribution >= 0.6 is 0 Å². The summed E-state index contributed by atoms with van der Waals surface area (Å²) < 4.78 is 5.82. The van der Waals surface area contributed by atoms with Gasteiger partial charge in [0.1, 0.15) is 5.75 Å². The van der Waals surface area contributed by atoms with Crippen molar-refractivity contribution in [2.24, 2.45) is 0 Å². The predicted octanol–water partition coefficient (Wildman–Crippen LogP) is 2.16. The van der Waals surface area contributed by atoms with Crippen molar-refractivity contribution in [3.8, 4) is 5.75 Å². The number of nitrogens with one attached hydrogen (secondary N) is 1. The molecule has 4 heteroatoms. The van der Waals surface area contributed by atoms with E-state index in [1.165, 1.54) is 0 Å². The van der Waals surface area contributed by atoms with Gasteiger partial charge in [-0.25, -0.2) is 0 Å². The number of ether oxygens (including phenoxy) is 1. The first-order valence-corrected chi connectivity index (χ1v) is 5.51. The molecule has 0 saturated heterocycles. The van der Waals surface area contributed by atoms with Gasteiger partial charge < -0.3 is 15.8 Å². The summed E-state index contributed by atoms with van der Waals surface area (Å²) in [4.78, 5) is 12.0. The number of benzene rings is 1. The maximum Gasteiger partial charge on any atom is 0.268 e. The van der Waals surface area contributed by atoms with Crippen molar-refractivity contribution in [3.05, 3.63) is 18.2 Å². The molecule has 0 radical (unpaired) electrons. The van der Waals surface area contributed by atoms with Crippen LogP contribution in [0.1, 0.15) is 26.7 Å². The second kappa shape index (κ2) is 3.70. The molecule has 1 aliphatic rings. The van der Waals surface area contributed by atoms with Gasteiger partial charge in [0.05, 0.1) is 5.69 Å². The fourth-order valence-electron chi connectivity index (χ4n) is 1.94. The first kappa shape index (κ1) is 10.8. The zero-order valence-corrected chi connectivity index (χ0v) is 9.54. The number of nitrogens with two attached hydrogens (primary N) is 1. The van der Waals surface area contributed by atoms with Gasteiger partial charge in [-0.3, -0.25) is 4.79 Å². The second-order valence-corrected chi connectivity index (χ2v) is 4.01. The summed E-state index contributed by atoms with van der Waals surface area (Å²) in [5.74, 6) is 0.605. The maximum absolute atomic E-state index is 12.0. The normalized spacial score (nSPS) is 17.2. The Morgan fingerprint density at radius 1 is 1.38 bits per heavy atom. The Morgan fingerprint density at radius 3 is 2.69 bits per heavy atom. The summed E-state index contributed by atoms with van der Waals surface area (Å²) in [5.41, 5.74) is 6.19. The molecule has 1 aromatic rings. The lowest BCUT2D eigenvalue weighted by molar-refractivity contribution is -0.133. The Morgan fingerprint density at radius 2 is 2.06 bits per heavy atom. The minimum Gasteiger partial charge on any atom is -0.475 e. The van der Waals surface area contributed by atoms with Gasteiger partial charge in [0, 0.05) is 5.69 Å². The van der Waals surface area contributed by atoms with E-state index in [9.17, 15) is 4.79 Å². The van der Waals surface area contributed by atoms with Crippen LogP contribution in [0.4, 0.5) is 11.4 Å². The van der Waals surface area contributed by atoms with Gasteiger partial charge in [-0.1, -0.05) is 13.8 Å². The van der Waals surface area contributed by atoms with Crippen LogP contribution in [-0.2, 0) is 4.79 Å². The van der Waals surface area contributed by atoms with Gasteiger partial charge in [0.2, 0.25) is 0 Å². The summed E-state index contributed by atoms with van der Waals surface area (Å²) >= 11 is 0. The van der Waals surface area contributed by atoms with Gasteiger partial charge in [-0.2, -0.15) is 0 Å². The zero-order valence-electron chi connectivity index (χ0n) is 9.54. The highest BCUT2D eigenvalue weighted by atomic mass is 16.5. The molecular formula is C12H16N2O2. The van der Waals surface area contributed by atoms with E-state index in [2.05, 4.69) is 5.32 Å². The van der Waals surface area contributed by atoms with Crippen LogP contribution in [0, 0.1) is 0 Å². The number of amides is 1. The molecule has 16 heavy (non-hydrogen) atoms. The topological polar surface area (TPSA) is 64.3 Å². The fraction of sp³-hybridized carbons (Fsp3) is 0.417. The quantitative estimate of drug-likeness (QED) is 0.751. The molecule has 3 N–H and O–H groups in total. The highest BCUT2D eigenvalue weighted by Crippen LogP contribution is 2.37. The van der Waals surface area contributed by atoms with Gasteiger partial charge in [0.15, 0.2) is 5.60 Å². The summed E-state index contributed by atoms with van der Waals surface area (Å²) in [6, 6.07) is 5.28.